The summed E-state index contributed by atoms with van der Waals surface area (Å²) >= 11 is 0. The molecule has 6 heteroatoms. The summed E-state index contributed by atoms with van der Waals surface area (Å²) in [5.41, 5.74) is 8.68. The fourth-order valence-corrected chi connectivity index (χ4v) is 3.17. The summed E-state index contributed by atoms with van der Waals surface area (Å²) in [5.74, 6) is 1.47. The van der Waals surface area contributed by atoms with E-state index in [1.165, 1.54) is 0 Å². The van der Waals surface area contributed by atoms with E-state index in [0.717, 1.165) is 48.6 Å². The van der Waals surface area contributed by atoms with Crippen LogP contribution >= 0.6 is 0 Å². The van der Waals surface area contributed by atoms with Crippen molar-refractivity contribution in [2.24, 2.45) is 0 Å². The second-order valence-electron chi connectivity index (χ2n) is 7.27. The lowest BCUT2D eigenvalue weighted by atomic mass is 10.0. The predicted octanol–water partition coefficient (Wildman–Crippen LogP) is 3.21. The van der Waals surface area contributed by atoms with Crippen molar-refractivity contribution in [3.05, 3.63) is 47.2 Å². The van der Waals surface area contributed by atoms with Crippen LogP contribution in [0, 0.1) is 6.92 Å². The predicted molar refractivity (Wildman–Crippen MR) is 104 cm³/mol. The Morgan fingerprint density at radius 2 is 1.85 bits per heavy atom. The summed E-state index contributed by atoms with van der Waals surface area (Å²) in [4.78, 5) is 23.1. The number of likely N-dealkylation sites (tertiary alicyclic amines) is 1. The van der Waals surface area contributed by atoms with E-state index >= 15 is 0 Å². The number of nitrogens with one attached hydrogen (secondary N) is 1. The van der Waals surface area contributed by atoms with Crippen LogP contribution in [0.4, 0.5) is 11.8 Å². The van der Waals surface area contributed by atoms with Gasteiger partial charge in [-0.1, -0.05) is 31.5 Å². The van der Waals surface area contributed by atoms with E-state index in [9.17, 15) is 4.79 Å². The van der Waals surface area contributed by atoms with E-state index in [4.69, 9.17) is 5.73 Å². The van der Waals surface area contributed by atoms with Crippen LogP contribution in [0.2, 0.25) is 0 Å². The largest absolute Gasteiger partial charge is 0.368 e. The molecular weight excluding hydrogens is 326 g/mol. The Kier molecular flexibility index (Phi) is 5.40. The van der Waals surface area contributed by atoms with Gasteiger partial charge < -0.3 is 16.0 Å². The Bertz CT molecular complexity index is 764. The number of amides is 1. The van der Waals surface area contributed by atoms with Gasteiger partial charge in [0.15, 0.2) is 0 Å². The highest BCUT2D eigenvalue weighted by molar-refractivity contribution is 5.94. The third-order valence-electron chi connectivity index (χ3n) is 4.79. The fraction of sp³-hybridized carbons (Fsp3) is 0.450. The lowest BCUT2D eigenvalue weighted by Crippen LogP contribution is -2.42. The van der Waals surface area contributed by atoms with Gasteiger partial charge in [-0.25, -0.2) is 4.98 Å². The first kappa shape index (κ1) is 18.2. The number of hydrogen-bond donors (Lipinski definition) is 2. The number of carbonyl (C=O) groups is 1. The van der Waals surface area contributed by atoms with Gasteiger partial charge in [-0.3, -0.25) is 4.79 Å². The minimum atomic E-state index is 0.108. The van der Waals surface area contributed by atoms with E-state index in [-0.39, 0.29) is 11.9 Å². The van der Waals surface area contributed by atoms with Gasteiger partial charge in [0.05, 0.1) is 5.69 Å². The number of nitrogens with zero attached hydrogens (tertiary/aromatic N) is 3. The lowest BCUT2D eigenvalue weighted by molar-refractivity contribution is 0.0718. The molecule has 2 aromatic rings. The smallest absolute Gasteiger partial charge is 0.253 e. The summed E-state index contributed by atoms with van der Waals surface area (Å²) in [6, 6.07) is 10.0. The van der Waals surface area contributed by atoms with Crippen molar-refractivity contribution in [1.82, 2.24) is 14.9 Å². The molecule has 1 saturated heterocycles. The molecule has 0 aliphatic carbocycles. The molecule has 1 aromatic carbocycles. The Balaban J connectivity index is 1.59. The van der Waals surface area contributed by atoms with Crippen molar-refractivity contribution >= 4 is 17.7 Å². The highest BCUT2D eigenvalue weighted by atomic mass is 16.2. The first-order valence-electron chi connectivity index (χ1n) is 9.19. The van der Waals surface area contributed by atoms with E-state index in [1.54, 1.807) is 0 Å². The number of nitrogen functional groups attached to an aromatic ring is 1. The lowest BCUT2D eigenvalue weighted by Gasteiger charge is -2.32. The van der Waals surface area contributed by atoms with Crippen LogP contribution in [-0.4, -0.2) is 39.9 Å². The SMILES string of the molecule is Cc1ccc(C(=O)N2CCC(Nc3cc(C(C)C)nc(N)n3)CC2)cc1. The monoisotopic (exact) mass is 353 g/mol. The highest BCUT2D eigenvalue weighted by Gasteiger charge is 2.24. The maximum Gasteiger partial charge on any atom is 0.253 e. The fourth-order valence-electron chi connectivity index (χ4n) is 3.17. The van der Waals surface area contributed by atoms with Gasteiger partial charge in [0.2, 0.25) is 5.95 Å². The van der Waals surface area contributed by atoms with E-state index in [2.05, 4.69) is 29.1 Å². The number of aromatic nitrogens is 2. The van der Waals surface area contributed by atoms with Crippen molar-refractivity contribution < 1.29 is 4.79 Å². The Morgan fingerprint density at radius 3 is 2.46 bits per heavy atom. The minimum absolute atomic E-state index is 0.108. The van der Waals surface area contributed by atoms with E-state index in [0.29, 0.717) is 11.9 Å². The van der Waals surface area contributed by atoms with Gasteiger partial charge in [0.1, 0.15) is 5.82 Å². The zero-order chi connectivity index (χ0) is 18.7. The number of rotatable bonds is 4. The van der Waals surface area contributed by atoms with Crippen LogP contribution in [0.5, 0.6) is 0 Å². The molecule has 1 aliphatic rings. The average molecular weight is 353 g/mol. The number of piperidine rings is 1. The summed E-state index contributed by atoms with van der Waals surface area (Å²) in [7, 11) is 0. The van der Waals surface area contributed by atoms with Crippen LogP contribution in [-0.2, 0) is 0 Å². The molecule has 1 amide bonds. The number of anilines is 2. The van der Waals surface area contributed by atoms with Crippen LogP contribution in [0.15, 0.2) is 30.3 Å². The second kappa shape index (κ2) is 7.72. The van der Waals surface area contributed by atoms with Crippen LogP contribution in [0.25, 0.3) is 0 Å². The standard InChI is InChI=1S/C20H27N5O/c1-13(2)17-12-18(24-20(21)23-17)22-16-8-10-25(11-9-16)19(26)15-6-4-14(3)5-7-15/h4-7,12-13,16H,8-11H2,1-3H3,(H3,21,22,23,24). The molecule has 1 aliphatic heterocycles. The topological polar surface area (TPSA) is 84.1 Å². The number of hydrogen-bond acceptors (Lipinski definition) is 5. The first-order valence-corrected chi connectivity index (χ1v) is 9.19. The molecule has 0 unspecified atom stereocenters. The van der Waals surface area contributed by atoms with Gasteiger partial charge in [0, 0.05) is 30.8 Å². The normalized spacial score (nSPS) is 15.3. The van der Waals surface area contributed by atoms with Gasteiger partial charge in [-0.2, -0.15) is 4.98 Å². The van der Waals surface area contributed by atoms with E-state index in [1.807, 2.05) is 42.2 Å². The zero-order valence-corrected chi connectivity index (χ0v) is 15.7. The van der Waals surface area contributed by atoms with Crippen molar-refractivity contribution in [3.8, 4) is 0 Å². The summed E-state index contributed by atoms with van der Waals surface area (Å²) in [6.07, 6.45) is 1.77. The molecule has 26 heavy (non-hydrogen) atoms. The Hall–Kier alpha value is -2.63. The molecule has 6 nitrogen and oxygen atoms in total. The molecular formula is C20H27N5O. The summed E-state index contributed by atoms with van der Waals surface area (Å²) in [5, 5.41) is 3.45. The van der Waals surface area contributed by atoms with Gasteiger partial charge in [-0.05, 0) is 37.8 Å². The maximum absolute atomic E-state index is 12.6. The number of nitrogens with two attached hydrogens (primary N) is 1. The average Bonchev–Trinajstić information content (AvgIpc) is 2.62. The van der Waals surface area contributed by atoms with Crippen molar-refractivity contribution in [2.45, 2.75) is 45.6 Å². The molecule has 3 N–H and O–H groups in total. The molecule has 2 heterocycles. The van der Waals surface area contributed by atoms with Gasteiger partial charge in [-0.15, -0.1) is 0 Å². The Labute approximate surface area is 154 Å². The second-order valence-corrected chi connectivity index (χ2v) is 7.27. The molecule has 0 atom stereocenters. The summed E-state index contributed by atoms with van der Waals surface area (Å²) in [6.45, 7) is 7.67. The van der Waals surface area contributed by atoms with Crippen LogP contribution < -0.4 is 11.1 Å². The molecule has 0 bridgehead atoms. The highest BCUT2D eigenvalue weighted by Crippen LogP contribution is 2.21. The van der Waals surface area contributed by atoms with Crippen molar-refractivity contribution in [2.75, 3.05) is 24.1 Å². The minimum Gasteiger partial charge on any atom is -0.368 e. The number of carbonyl (C=O) groups excluding carboxylic acids is 1. The molecule has 3 rings (SSSR count). The molecule has 0 radical (unpaired) electrons. The number of aryl methyl sites for hydroxylation is 1. The molecule has 0 saturated carbocycles. The Morgan fingerprint density at radius 1 is 1.19 bits per heavy atom. The van der Waals surface area contributed by atoms with Gasteiger partial charge in [0.25, 0.3) is 5.91 Å². The molecule has 1 aromatic heterocycles. The summed E-state index contributed by atoms with van der Waals surface area (Å²) < 4.78 is 0. The van der Waals surface area contributed by atoms with Crippen LogP contribution in [0.1, 0.15) is 54.2 Å². The van der Waals surface area contributed by atoms with Crippen molar-refractivity contribution in [1.29, 1.82) is 0 Å². The number of benzene rings is 1. The van der Waals surface area contributed by atoms with Gasteiger partial charge >= 0.3 is 0 Å². The molecule has 0 spiro atoms. The molecule has 1 fully saturated rings. The third kappa shape index (κ3) is 4.31. The zero-order valence-electron chi connectivity index (χ0n) is 15.7. The first-order chi connectivity index (χ1) is 12.4. The van der Waals surface area contributed by atoms with Crippen molar-refractivity contribution in [3.63, 3.8) is 0 Å². The van der Waals surface area contributed by atoms with E-state index < -0.39 is 0 Å². The third-order valence-corrected chi connectivity index (χ3v) is 4.79. The van der Waals surface area contributed by atoms with Crippen LogP contribution in [0.3, 0.4) is 0 Å². The quantitative estimate of drug-likeness (QED) is 0.882. The molecule has 138 valence electrons. The maximum atomic E-state index is 12.6.